The molecule has 0 heterocycles. The third kappa shape index (κ3) is 2.65. The first-order valence-corrected chi connectivity index (χ1v) is 5.72. The summed E-state index contributed by atoms with van der Waals surface area (Å²) in [6.07, 6.45) is 2.00. The second kappa shape index (κ2) is 5.66. The van der Waals surface area contributed by atoms with Crippen LogP contribution in [0.25, 0.3) is 0 Å². The van der Waals surface area contributed by atoms with Crippen molar-refractivity contribution in [2.75, 3.05) is 27.5 Å². The molecule has 0 N–H and O–H groups in total. The molecule has 0 spiro atoms. The molecule has 0 fully saturated rings. The third-order valence-corrected chi connectivity index (χ3v) is 2.83. The summed E-state index contributed by atoms with van der Waals surface area (Å²) >= 11 is 1.61. The topological polar surface area (TPSA) is 30.8 Å². The van der Waals surface area contributed by atoms with Crippen LogP contribution in [0, 0.1) is 0 Å². The van der Waals surface area contributed by atoms with Crippen molar-refractivity contribution in [2.45, 2.75) is 0 Å². The Morgan fingerprint density at radius 2 is 1.87 bits per heavy atom. The van der Waals surface area contributed by atoms with E-state index in [9.17, 15) is 0 Å². The Hall–Kier alpha value is -1.16. The van der Waals surface area contributed by atoms with E-state index in [2.05, 4.69) is 4.99 Å². The van der Waals surface area contributed by atoms with Gasteiger partial charge in [-0.15, -0.1) is 11.8 Å². The first kappa shape index (κ1) is 11.9. The van der Waals surface area contributed by atoms with Gasteiger partial charge in [-0.25, -0.2) is 0 Å². The summed E-state index contributed by atoms with van der Waals surface area (Å²) in [5.41, 5.74) is 1.04. The van der Waals surface area contributed by atoms with E-state index in [0.29, 0.717) is 0 Å². The van der Waals surface area contributed by atoms with Crippen molar-refractivity contribution in [3.63, 3.8) is 0 Å². The highest BCUT2D eigenvalue weighted by molar-refractivity contribution is 8.13. The maximum atomic E-state index is 5.23. The lowest BCUT2D eigenvalue weighted by Gasteiger charge is -2.09. The minimum absolute atomic E-state index is 0.727. The van der Waals surface area contributed by atoms with Gasteiger partial charge in [0.2, 0.25) is 0 Å². The number of hydrogen-bond acceptors (Lipinski definition) is 4. The lowest BCUT2D eigenvalue weighted by molar-refractivity contribution is 0.355. The van der Waals surface area contributed by atoms with E-state index < -0.39 is 0 Å². The molecule has 0 saturated heterocycles. The second-order valence-electron chi connectivity index (χ2n) is 2.80. The molecule has 0 radical (unpaired) electrons. The number of benzene rings is 1. The first-order valence-electron chi connectivity index (χ1n) is 4.50. The summed E-state index contributed by atoms with van der Waals surface area (Å²) in [5.74, 6) is 1.46. The molecule has 4 heteroatoms. The van der Waals surface area contributed by atoms with Crippen LogP contribution in [-0.4, -0.2) is 32.6 Å². The third-order valence-electron chi connectivity index (χ3n) is 2.03. The molecule has 3 nitrogen and oxygen atoms in total. The fourth-order valence-electron chi connectivity index (χ4n) is 1.31. The van der Waals surface area contributed by atoms with Crippen molar-refractivity contribution in [3.05, 3.63) is 23.8 Å². The number of hydrogen-bond donors (Lipinski definition) is 0. The lowest BCUT2D eigenvalue weighted by atomic mass is 10.2. The Morgan fingerprint density at radius 3 is 2.33 bits per heavy atom. The van der Waals surface area contributed by atoms with Crippen LogP contribution in [0.3, 0.4) is 0 Å². The van der Waals surface area contributed by atoms with Gasteiger partial charge in [-0.05, 0) is 24.5 Å². The zero-order chi connectivity index (χ0) is 11.3. The van der Waals surface area contributed by atoms with Gasteiger partial charge in [0.05, 0.1) is 19.3 Å². The molecular formula is C11H15NO2S. The Bertz CT molecular complexity index is 364. The van der Waals surface area contributed by atoms with Gasteiger partial charge >= 0.3 is 0 Å². The number of ether oxygens (including phenoxy) is 2. The van der Waals surface area contributed by atoms with Gasteiger partial charge in [0.15, 0.2) is 11.5 Å². The molecule has 0 saturated carbocycles. The largest absolute Gasteiger partial charge is 0.493 e. The Morgan fingerprint density at radius 1 is 1.20 bits per heavy atom. The normalized spacial score (nSPS) is 11.3. The van der Waals surface area contributed by atoms with Crippen molar-refractivity contribution in [2.24, 2.45) is 4.99 Å². The monoisotopic (exact) mass is 225 g/mol. The van der Waals surface area contributed by atoms with E-state index in [1.807, 2.05) is 24.5 Å². The summed E-state index contributed by atoms with van der Waals surface area (Å²) in [6, 6.07) is 5.79. The zero-order valence-electron chi connectivity index (χ0n) is 9.40. The predicted molar refractivity (Wildman–Crippen MR) is 65.5 cm³/mol. The fourth-order valence-corrected chi connectivity index (χ4v) is 1.85. The molecule has 1 aromatic rings. The van der Waals surface area contributed by atoms with E-state index in [4.69, 9.17) is 9.47 Å². The van der Waals surface area contributed by atoms with E-state index in [1.165, 1.54) is 0 Å². The van der Waals surface area contributed by atoms with Gasteiger partial charge in [-0.1, -0.05) is 0 Å². The van der Waals surface area contributed by atoms with E-state index in [-0.39, 0.29) is 0 Å². The van der Waals surface area contributed by atoms with Crippen molar-refractivity contribution in [1.82, 2.24) is 0 Å². The molecule has 0 aliphatic rings. The maximum absolute atomic E-state index is 5.23. The molecule has 1 aromatic carbocycles. The zero-order valence-corrected chi connectivity index (χ0v) is 10.2. The molecule has 15 heavy (non-hydrogen) atoms. The summed E-state index contributed by atoms with van der Waals surface area (Å²) in [5, 5.41) is 0.982. The lowest BCUT2D eigenvalue weighted by Crippen LogP contribution is -1.97. The Balaban J connectivity index is 3.13. The average molecular weight is 225 g/mol. The van der Waals surface area contributed by atoms with Crippen LogP contribution in [0.15, 0.2) is 23.2 Å². The second-order valence-corrected chi connectivity index (χ2v) is 3.60. The minimum Gasteiger partial charge on any atom is -0.493 e. The van der Waals surface area contributed by atoms with E-state index >= 15 is 0 Å². The Labute approximate surface area is 94.5 Å². The smallest absolute Gasteiger partial charge is 0.161 e. The van der Waals surface area contributed by atoms with Crippen LogP contribution in [-0.2, 0) is 0 Å². The van der Waals surface area contributed by atoms with Crippen LogP contribution in [0.2, 0.25) is 0 Å². The highest BCUT2D eigenvalue weighted by atomic mass is 32.2. The maximum Gasteiger partial charge on any atom is 0.161 e. The SMILES string of the molecule is CN=C(SC)c1ccc(OC)c(OC)c1. The van der Waals surface area contributed by atoms with Crippen LogP contribution >= 0.6 is 11.8 Å². The van der Waals surface area contributed by atoms with Gasteiger partial charge in [0.25, 0.3) is 0 Å². The summed E-state index contributed by atoms with van der Waals surface area (Å²) in [7, 11) is 5.03. The average Bonchev–Trinajstić information content (AvgIpc) is 2.30. The molecule has 0 aromatic heterocycles. The number of thioether (sulfide) groups is 1. The number of aliphatic imine (C=N–C) groups is 1. The summed E-state index contributed by atoms with van der Waals surface area (Å²) < 4.78 is 10.4. The van der Waals surface area contributed by atoms with Gasteiger partial charge in [-0.3, -0.25) is 4.99 Å². The van der Waals surface area contributed by atoms with Gasteiger partial charge in [0.1, 0.15) is 0 Å². The summed E-state index contributed by atoms with van der Waals surface area (Å²) in [6.45, 7) is 0. The molecule has 0 aliphatic heterocycles. The molecule has 0 bridgehead atoms. The quantitative estimate of drug-likeness (QED) is 0.585. The molecule has 1 rings (SSSR count). The number of rotatable bonds is 3. The van der Waals surface area contributed by atoms with E-state index in [0.717, 1.165) is 22.1 Å². The van der Waals surface area contributed by atoms with Gasteiger partial charge in [-0.2, -0.15) is 0 Å². The van der Waals surface area contributed by atoms with Crippen LogP contribution < -0.4 is 9.47 Å². The number of nitrogens with zero attached hydrogens (tertiary/aromatic N) is 1. The standard InChI is InChI=1S/C11H15NO2S/c1-12-11(15-4)8-5-6-9(13-2)10(7-8)14-3/h5-7H,1-4H3. The van der Waals surface area contributed by atoms with Crippen molar-refractivity contribution >= 4 is 16.8 Å². The van der Waals surface area contributed by atoms with Gasteiger partial charge < -0.3 is 9.47 Å². The fraction of sp³-hybridized carbons (Fsp3) is 0.364. The van der Waals surface area contributed by atoms with Crippen LogP contribution in [0.5, 0.6) is 11.5 Å². The molecular weight excluding hydrogens is 210 g/mol. The molecule has 0 amide bonds. The van der Waals surface area contributed by atoms with Gasteiger partial charge in [0, 0.05) is 12.6 Å². The number of methoxy groups -OCH3 is 2. The Kier molecular flexibility index (Phi) is 4.49. The van der Waals surface area contributed by atoms with Crippen LogP contribution in [0.4, 0.5) is 0 Å². The van der Waals surface area contributed by atoms with Crippen molar-refractivity contribution in [3.8, 4) is 11.5 Å². The van der Waals surface area contributed by atoms with Crippen molar-refractivity contribution < 1.29 is 9.47 Å². The minimum atomic E-state index is 0.727. The molecule has 0 atom stereocenters. The highest BCUT2D eigenvalue weighted by Crippen LogP contribution is 2.28. The van der Waals surface area contributed by atoms with Crippen molar-refractivity contribution in [1.29, 1.82) is 0 Å². The molecule has 0 unspecified atom stereocenters. The predicted octanol–water partition coefficient (Wildman–Crippen LogP) is 2.44. The highest BCUT2D eigenvalue weighted by Gasteiger charge is 2.07. The molecule has 82 valence electrons. The first-order chi connectivity index (χ1) is 7.26. The van der Waals surface area contributed by atoms with E-state index in [1.54, 1.807) is 33.0 Å². The molecule has 0 aliphatic carbocycles. The summed E-state index contributed by atoms with van der Waals surface area (Å²) in [4.78, 5) is 4.19. The van der Waals surface area contributed by atoms with Crippen LogP contribution in [0.1, 0.15) is 5.56 Å².